The second-order valence-corrected chi connectivity index (χ2v) is 4.28. The Kier molecular flexibility index (Phi) is 3.22. The maximum absolute atomic E-state index is 13.9. The first-order valence-electron chi connectivity index (χ1n) is 5.52. The molecule has 0 aliphatic carbocycles. The fourth-order valence-corrected chi connectivity index (χ4v) is 1.84. The minimum Gasteiger partial charge on any atom is -0.399 e. The molecule has 2 aromatic carbocycles. The maximum atomic E-state index is 13.9. The molecule has 0 aliphatic heterocycles. The zero-order chi connectivity index (χ0) is 14.2. The average Bonchev–Trinajstić information content (AvgIpc) is 2.31. The lowest BCUT2D eigenvalue weighted by atomic mass is 9.99. The monoisotopic (exact) mass is 269 g/mol. The minimum absolute atomic E-state index is 0.0502. The van der Waals surface area contributed by atoms with Crippen LogP contribution in [0.2, 0.25) is 0 Å². The van der Waals surface area contributed by atoms with E-state index in [9.17, 15) is 17.6 Å². The van der Waals surface area contributed by atoms with E-state index in [1.54, 1.807) is 19.1 Å². The van der Waals surface area contributed by atoms with Crippen molar-refractivity contribution in [1.82, 2.24) is 0 Å². The van der Waals surface area contributed by atoms with Gasteiger partial charge >= 0.3 is 6.18 Å². The van der Waals surface area contributed by atoms with E-state index in [1.807, 2.05) is 0 Å². The van der Waals surface area contributed by atoms with E-state index in [0.717, 1.165) is 12.1 Å². The lowest BCUT2D eigenvalue weighted by molar-refractivity contribution is -0.137. The van der Waals surface area contributed by atoms with Gasteiger partial charge in [0.15, 0.2) is 0 Å². The molecule has 0 atom stereocenters. The summed E-state index contributed by atoms with van der Waals surface area (Å²) in [4.78, 5) is 0. The molecule has 0 heterocycles. The molecular formula is C14H11F4N. The van der Waals surface area contributed by atoms with E-state index in [-0.39, 0.29) is 16.8 Å². The number of halogens is 4. The molecule has 0 saturated heterocycles. The lowest BCUT2D eigenvalue weighted by Crippen LogP contribution is -2.06. The summed E-state index contributed by atoms with van der Waals surface area (Å²) < 4.78 is 52.0. The van der Waals surface area contributed by atoms with Crippen molar-refractivity contribution in [2.24, 2.45) is 0 Å². The Labute approximate surface area is 107 Å². The van der Waals surface area contributed by atoms with Gasteiger partial charge in [-0.2, -0.15) is 13.2 Å². The van der Waals surface area contributed by atoms with Crippen LogP contribution in [0, 0.1) is 12.7 Å². The van der Waals surface area contributed by atoms with Gasteiger partial charge in [0, 0.05) is 11.3 Å². The summed E-state index contributed by atoms with van der Waals surface area (Å²) in [5.74, 6) is -0.541. The number of alkyl halides is 3. The van der Waals surface area contributed by atoms with Crippen molar-refractivity contribution >= 4 is 5.69 Å². The Morgan fingerprint density at radius 3 is 2.37 bits per heavy atom. The zero-order valence-corrected chi connectivity index (χ0v) is 10.1. The van der Waals surface area contributed by atoms with Crippen molar-refractivity contribution in [2.45, 2.75) is 13.1 Å². The highest BCUT2D eigenvalue weighted by molar-refractivity contribution is 5.70. The van der Waals surface area contributed by atoms with Crippen molar-refractivity contribution in [2.75, 3.05) is 5.73 Å². The molecule has 2 rings (SSSR count). The highest BCUT2D eigenvalue weighted by atomic mass is 19.4. The summed E-state index contributed by atoms with van der Waals surface area (Å²) in [5.41, 5.74) is 5.12. The van der Waals surface area contributed by atoms with Crippen LogP contribution in [0.15, 0.2) is 36.4 Å². The summed E-state index contributed by atoms with van der Waals surface area (Å²) >= 11 is 0. The summed E-state index contributed by atoms with van der Waals surface area (Å²) in [6, 6.07) is 7.62. The van der Waals surface area contributed by atoms with Gasteiger partial charge in [-0.1, -0.05) is 18.2 Å². The molecule has 0 aliphatic rings. The van der Waals surface area contributed by atoms with Crippen molar-refractivity contribution in [3.8, 4) is 11.1 Å². The largest absolute Gasteiger partial charge is 0.416 e. The fraction of sp³-hybridized carbons (Fsp3) is 0.143. The first-order valence-corrected chi connectivity index (χ1v) is 5.52. The van der Waals surface area contributed by atoms with Gasteiger partial charge in [0.05, 0.1) is 5.56 Å². The van der Waals surface area contributed by atoms with Gasteiger partial charge in [0.2, 0.25) is 0 Å². The molecule has 0 radical (unpaired) electrons. The molecule has 0 saturated carbocycles. The Morgan fingerprint density at radius 1 is 1.05 bits per heavy atom. The van der Waals surface area contributed by atoms with Gasteiger partial charge in [-0.25, -0.2) is 4.39 Å². The quantitative estimate of drug-likeness (QED) is 0.602. The molecule has 2 N–H and O–H groups in total. The molecule has 0 aromatic heterocycles. The predicted molar refractivity (Wildman–Crippen MR) is 66.0 cm³/mol. The fourth-order valence-electron chi connectivity index (χ4n) is 1.84. The van der Waals surface area contributed by atoms with Gasteiger partial charge in [0.1, 0.15) is 5.82 Å². The number of rotatable bonds is 1. The number of aryl methyl sites for hydroxylation is 1. The third-order valence-corrected chi connectivity index (χ3v) is 2.79. The molecule has 1 nitrogen and oxygen atoms in total. The summed E-state index contributed by atoms with van der Waals surface area (Å²) in [5, 5.41) is 0. The normalized spacial score (nSPS) is 11.6. The Bertz CT molecular complexity index is 617. The third kappa shape index (κ3) is 2.70. The van der Waals surface area contributed by atoms with E-state index in [4.69, 9.17) is 5.73 Å². The van der Waals surface area contributed by atoms with Crippen LogP contribution in [0.1, 0.15) is 11.1 Å². The van der Waals surface area contributed by atoms with Crippen molar-refractivity contribution in [1.29, 1.82) is 0 Å². The molecule has 0 fully saturated rings. The standard InChI is InChI=1S/C14H11F4N/c1-8-3-2-4-12(13(8)15)9-5-10(14(16,17)18)7-11(19)6-9/h2-7H,19H2,1H3. The summed E-state index contributed by atoms with van der Waals surface area (Å²) in [7, 11) is 0. The molecular weight excluding hydrogens is 258 g/mol. The van der Waals surface area contributed by atoms with Gasteiger partial charge in [-0.15, -0.1) is 0 Å². The van der Waals surface area contributed by atoms with E-state index >= 15 is 0 Å². The Morgan fingerprint density at radius 2 is 1.74 bits per heavy atom. The van der Waals surface area contributed by atoms with Crippen molar-refractivity contribution in [3.05, 3.63) is 53.3 Å². The van der Waals surface area contributed by atoms with E-state index in [0.29, 0.717) is 5.56 Å². The first kappa shape index (κ1) is 13.4. The van der Waals surface area contributed by atoms with E-state index < -0.39 is 17.6 Å². The first-order chi connectivity index (χ1) is 8.79. The lowest BCUT2D eigenvalue weighted by Gasteiger charge is -2.12. The van der Waals surface area contributed by atoms with Crippen LogP contribution in [0.5, 0.6) is 0 Å². The minimum atomic E-state index is -4.51. The molecule has 5 heteroatoms. The van der Waals surface area contributed by atoms with Crippen LogP contribution in [0.3, 0.4) is 0 Å². The summed E-state index contributed by atoms with van der Waals surface area (Å²) in [6.45, 7) is 1.55. The van der Waals surface area contributed by atoms with E-state index in [1.165, 1.54) is 12.1 Å². The van der Waals surface area contributed by atoms with Gasteiger partial charge < -0.3 is 5.73 Å². The SMILES string of the molecule is Cc1cccc(-c2cc(N)cc(C(F)(F)F)c2)c1F. The van der Waals surface area contributed by atoms with E-state index in [2.05, 4.69) is 0 Å². The topological polar surface area (TPSA) is 26.0 Å². The number of hydrogen-bond donors (Lipinski definition) is 1. The van der Waals surface area contributed by atoms with Gasteiger partial charge in [-0.05, 0) is 36.2 Å². The van der Waals surface area contributed by atoms with Gasteiger partial charge in [0.25, 0.3) is 0 Å². The van der Waals surface area contributed by atoms with Crippen LogP contribution in [-0.2, 0) is 6.18 Å². The third-order valence-electron chi connectivity index (χ3n) is 2.79. The zero-order valence-electron chi connectivity index (χ0n) is 10.1. The maximum Gasteiger partial charge on any atom is 0.416 e. The Hall–Kier alpha value is -2.04. The van der Waals surface area contributed by atoms with Crippen LogP contribution < -0.4 is 5.73 Å². The molecule has 0 amide bonds. The molecule has 0 spiro atoms. The van der Waals surface area contributed by atoms with Crippen molar-refractivity contribution < 1.29 is 17.6 Å². The van der Waals surface area contributed by atoms with Crippen LogP contribution in [0.25, 0.3) is 11.1 Å². The summed E-state index contributed by atoms with van der Waals surface area (Å²) in [6.07, 6.45) is -4.51. The second-order valence-electron chi connectivity index (χ2n) is 4.28. The number of anilines is 1. The Balaban J connectivity index is 2.63. The molecule has 2 aromatic rings. The number of nitrogen functional groups attached to an aromatic ring is 1. The van der Waals surface area contributed by atoms with Gasteiger partial charge in [-0.3, -0.25) is 0 Å². The smallest absolute Gasteiger partial charge is 0.399 e. The molecule has 0 unspecified atom stereocenters. The highest BCUT2D eigenvalue weighted by Crippen LogP contribution is 2.35. The number of hydrogen-bond acceptors (Lipinski definition) is 1. The molecule has 0 bridgehead atoms. The number of nitrogens with two attached hydrogens (primary N) is 1. The molecule has 19 heavy (non-hydrogen) atoms. The van der Waals surface area contributed by atoms with Crippen LogP contribution >= 0.6 is 0 Å². The average molecular weight is 269 g/mol. The predicted octanol–water partition coefficient (Wildman–Crippen LogP) is 4.40. The van der Waals surface area contributed by atoms with Crippen LogP contribution in [0.4, 0.5) is 23.2 Å². The van der Waals surface area contributed by atoms with Crippen LogP contribution in [-0.4, -0.2) is 0 Å². The highest BCUT2D eigenvalue weighted by Gasteiger charge is 2.31. The number of benzene rings is 2. The molecule has 100 valence electrons. The van der Waals surface area contributed by atoms with Crippen molar-refractivity contribution in [3.63, 3.8) is 0 Å². The second kappa shape index (κ2) is 4.57.